The highest BCUT2D eigenvalue weighted by molar-refractivity contribution is 6.31. The summed E-state index contributed by atoms with van der Waals surface area (Å²) in [6, 6.07) is 3.15. The first-order valence-corrected chi connectivity index (χ1v) is 5.32. The zero-order valence-corrected chi connectivity index (χ0v) is 9.93. The Labute approximate surface area is 110 Å². The van der Waals surface area contributed by atoms with Crippen LogP contribution in [0.5, 0.6) is 0 Å². The van der Waals surface area contributed by atoms with Crippen LogP contribution < -0.4 is 5.73 Å². The highest BCUT2D eigenvalue weighted by Gasteiger charge is 2.33. The number of benzene rings is 1. The highest BCUT2D eigenvalue weighted by atomic mass is 35.5. The maximum Gasteiger partial charge on any atom is 0.417 e. The molecule has 0 bridgehead atoms. The second kappa shape index (κ2) is 4.65. The maximum atomic E-state index is 12.9. The quantitative estimate of drug-likeness (QED) is 0.818. The van der Waals surface area contributed by atoms with Crippen molar-refractivity contribution in [2.75, 3.05) is 5.73 Å². The summed E-state index contributed by atoms with van der Waals surface area (Å²) in [7, 11) is 0. The highest BCUT2D eigenvalue weighted by Crippen LogP contribution is 2.36. The molecule has 0 aliphatic heterocycles. The number of hydrogen-bond donors (Lipinski definition) is 1. The summed E-state index contributed by atoms with van der Waals surface area (Å²) in [6.45, 7) is 0. The van der Waals surface area contributed by atoms with Crippen LogP contribution in [0, 0.1) is 5.82 Å². The average molecular weight is 292 g/mol. The van der Waals surface area contributed by atoms with Gasteiger partial charge in [0.15, 0.2) is 17.5 Å². The van der Waals surface area contributed by atoms with Gasteiger partial charge in [0.2, 0.25) is 0 Å². The number of rotatable bonds is 1. The van der Waals surface area contributed by atoms with Crippen molar-refractivity contribution < 1.29 is 17.6 Å². The van der Waals surface area contributed by atoms with Crippen LogP contribution in [0.4, 0.5) is 23.4 Å². The van der Waals surface area contributed by atoms with Gasteiger partial charge >= 0.3 is 6.18 Å². The van der Waals surface area contributed by atoms with E-state index >= 15 is 0 Å². The van der Waals surface area contributed by atoms with E-state index in [2.05, 4.69) is 9.97 Å². The fourth-order valence-electron chi connectivity index (χ4n) is 1.40. The molecule has 1 aromatic heterocycles. The van der Waals surface area contributed by atoms with E-state index in [0.717, 1.165) is 18.3 Å². The molecule has 0 spiro atoms. The van der Waals surface area contributed by atoms with Gasteiger partial charge in [-0.15, -0.1) is 0 Å². The smallest absolute Gasteiger partial charge is 0.381 e. The summed E-state index contributed by atoms with van der Waals surface area (Å²) < 4.78 is 50.9. The molecule has 2 rings (SSSR count). The minimum Gasteiger partial charge on any atom is -0.381 e. The number of nitrogen functional groups attached to an aromatic ring is 1. The van der Waals surface area contributed by atoms with Crippen LogP contribution in [0.15, 0.2) is 24.4 Å². The van der Waals surface area contributed by atoms with E-state index in [1.54, 1.807) is 0 Å². The molecule has 0 aliphatic rings. The Kier molecular flexibility index (Phi) is 3.32. The topological polar surface area (TPSA) is 51.8 Å². The monoisotopic (exact) mass is 291 g/mol. The van der Waals surface area contributed by atoms with Gasteiger partial charge in [0.1, 0.15) is 0 Å². The predicted octanol–water partition coefficient (Wildman–Crippen LogP) is 3.54. The zero-order chi connectivity index (χ0) is 14.2. The summed E-state index contributed by atoms with van der Waals surface area (Å²) in [5.41, 5.74) is 4.27. The third-order valence-corrected chi connectivity index (χ3v) is 2.63. The number of nitrogens with zero attached hydrogens (tertiary/aromatic N) is 2. The molecule has 0 radical (unpaired) electrons. The van der Waals surface area contributed by atoms with Crippen molar-refractivity contribution in [2.45, 2.75) is 6.18 Å². The molecule has 3 nitrogen and oxygen atoms in total. The second-order valence-corrected chi connectivity index (χ2v) is 4.03. The summed E-state index contributed by atoms with van der Waals surface area (Å²) in [4.78, 5) is 7.16. The Bertz CT molecular complexity index is 628. The van der Waals surface area contributed by atoms with Crippen molar-refractivity contribution in [1.82, 2.24) is 9.97 Å². The van der Waals surface area contributed by atoms with Gasteiger partial charge in [-0.05, 0) is 18.2 Å². The van der Waals surface area contributed by atoms with E-state index in [-0.39, 0.29) is 11.4 Å². The molecule has 100 valence electrons. The zero-order valence-electron chi connectivity index (χ0n) is 9.17. The van der Waals surface area contributed by atoms with E-state index in [1.807, 2.05) is 0 Å². The van der Waals surface area contributed by atoms with Crippen molar-refractivity contribution in [3.63, 3.8) is 0 Å². The third-order valence-electron chi connectivity index (χ3n) is 2.30. The van der Waals surface area contributed by atoms with Crippen LogP contribution in [-0.4, -0.2) is 9.97 Å². The Morgan fingerprint density at radius 2 is 1.89 bits per heavy atom. The van der Waals surface area contributed by atoms with Gasteiger partial charge < -0.3 is 5.73 Å². The molecule has 0 atom stereocenters. The summed E-state index contributed by atoms with van der Waals surface area (Å²) in [6.07, 6.45) is -3.81. The van der Waals surface area contributed by atoms with E-state index in [0.29, 0.717) is 0 Å². The molecule has 0 saturated carbocycles. The van der Waals surface area contributed by atoms with Crippen molar-refractivity contribution in [3.8, 4) is 11.4 Å². The molecule has 0 aliphatic carbocycles. The van der Waals surface area contributed by atoms with Crippen LogP contribution in [0.25, 0.3) is 11.4 Å². The van der Waals surface area contributed by atoms with E-state index < -0.39 is 28.4 Å². The van der Waals surface area contributed by atoms with Gasteiger partial charge in [-0.1, -0.05) is 11.6 Å². The standard InChI is InChI=1S/C11H6ClF4N3/c12-7-2-1-5(3-6(7)11(14,15)16)10-18-4-8(13)9(17)19-10/h1-4H,(H2,17,18,19). The number of alkyl halides is 3. The maximum absolute atomic E-state index is 12.9. The second-order valence-electron chi connectivity index (χ2n) is 3.62. The molecule has 2 N–H and O–H groups in total. The lowest BCUT2D eigenvalue weighted by atomic mass is 10.1. The number of anilines is 1. The first-order chi connectivity index (χ1) is 8.79. The van der Waals surface area contributed by atoms with Crippen molar-refractivity contribution in [3.05, 3.63) is 40.8 Å². The van der Waals surface area contributed by atoms with Gasteiger partial charge in [0.05, 0.1) is 16.8 Å². The predicted molar refractivity (Wildman–Crippen MR) is 61.9 cm³/mol. The first-order valence-electron chi connectivity index (χ1n) is 4.94. The molecule has 8 heteroatoms. The summed E-state index contributed by atoms with van der Waals surface area (Å²) in [5, 5.41) is -0.439. The molecule has 19 heavy (non-hydrogen) atoms. The summed E-state index contributed by atoms with van der Waals surface area (Å²) in [5.74, 6) is -1.39. The number of halogens is 5. The lowest BCUT2D eigenvalue weighted by molar-refractivity contribution is -0.137. The van der Waals surface area contributed by atoms with Crippen LogP contribution in [0.3, 0.4) is 0 Å². The van der Waals surface area contributed by atoms with Crippen molar-refractivity contribution in [1.29, 1.82) is 0 Å². The molecule has 0 fully saturated rings. The largest absolute Gasteiger partial charge is 0.417 e. The molecule has 0 saturated heterocycles. The molecule has 1 heterocycles. The van der Waals surface area contributed by atoms with Crippen LogP contribution in [0.1, 0.15) is 5.56 Å². The van der Waals surface area contributed by atoms with Crippen molar-refractivity contribution >= 4 is 17.4 Å². The third kappa shape index (κ3) is 2.76. The van der Waals surface area contributed by atoms with Gasteiger partial charge in [-0.25, -0.2) is 14.4 Å². The van der Waals surface area contributed by atoms with Gasteiger partial charge in [-0.2, -0.15) is 13.2 Å². The average Bonchev–Trinajstić information content (AvgIpc) is 2.32. The van der Waals surface area contributed by atoms with E-state index in [9.17, 15) is 17.6 Å². The minimum atomic E-state index is -4.60. The lowest BCUT2D eigenvalue weighted by Gasteiger charge is -2.10. The molecule has 0 unspecified atom stereocenters. The Morgan fingerprint density at radius 3 is 2.47 bits per heavy atom. The molecule has 1 aromatic carbocycles. The number of nitrogens with two attached hydrogens (primary N) is 1. The van der Waals surface area contributed by atoms with E-state index in [4.69, 9.17) is 17.3 Å². The van der Waals surface area contributed by atoms with E-state index in [1.165, 1.54) is 6.07 Å². The molecule has 2 aromatic rings. The molecular formula is C11H6ClF4N3. The van der Waals surface area contributed by atoms with Crippen LogP contribution >= 0.6 is 11.6 Å². The Balaban J connectivity index is 2.54. The summed E-state index contributed by atoms with van der Waals surface area (Å²) >= 11 is 5.48. The fourth-order valence-corrected chi connectivity index (χ4v) is 1.63. The fraction of sp³-hybridized carbons (Fsp3) is 0.0909. The minimum absolute atomic E-state index is 0.0448. The number of hydrogen-bond acceptors (Lipinski definition) is 3. The molecule has 0 amide bonds. The van der Waals surface area contributed by atoms with Gasteiger partial charge in [0, 0.05) is 5.56 Å². The first kappa shape index (κ1) is 13.5. The Morgan fingerprint density at radius 1 is 1.21 bits per heavy atom. The lowest BCUT2D eigenvalue weighted by Crippen LogP contribution is -2.06. The van der Waals surface area contributed by atoms with Crippen LogP contribution in [-0.2, 0) is 6.18 Å². The van der Waals surface area contributed by atoms with Gasteiger partial charge in [0.25, 0.3) is 0 Å². The Hall–Kier alpha value is -1.89. The van der Waals surface area contributed by atoms with Crippen molar-refractivity contribution in [2.24, 2.45) is 0 Å². The molecular weight excluding hydrogens is 286 g/mol. The van der Waals surface area contributed by atoms with Crippen LogP contribution in [0.2, 0.25) is 5.02 Å². The van der Waals surface area contributed by atoms with Gasteiger partial charge in [-0.3, -0.25) is 0 Å². The SMILES string of the molecule is Nc1nc(-c2ccc(Cl)c(C(F)(F)F)c2)ncc1F. The normalized spacial score (nSPS) is 11.6. The number of aromatic nitrogens is 2.